The Hall–Kier alpha value is -2.42. The highest BCUT2D eigenvalue weighted by atomic mass is 32.1. The number of nitrogens with one attached hydrogen (secondary N) is 2. The van der Waals surface area contributed by atoms with Gasteiger partial charge < -0.3 is 20.1 Å². The third-order valence-electron chi connectivity index (χ3n) is 4.28. The summed E-state index contributed by atoms with van der Waals surface area (Å²) in [4.78, 5) is 49.0. The van der Waals surface area contributed by atoms with Gasteiger partial charge in [-0.15, -0.1) is 11.3 Å². The number of carbonyl (C=O) groups excluding carboxylic acids is 4. The molecular formula is C19H26N2O6S. The summed E-state index contributed by atoms with van der Waals surface area (Å²) in [6.07, 6.45) is 2.61. The zero-order valence-electron chi connectivity index (χ0n) is 16.5. The highest BCUT2D eigenvalue weighted by Gasteiger charge is 2.29. The zero-order chi connectivity index (χ0) is 20.8. The molecule has 1 atom stereocenters. The third kappa shape index (κ3) is 5.31. The number of thiophene rings is 1. The highest BCUT2D eigenvalue weighted by Crippen LogP contribution is 2.39. The maximum absolute atomic E-state index is 12.3. The molecule has 9 heteroatoms. The van der Waals surface area contributed by atoms with Crippen LogP contribution in [0.2, 0.25) is 0 Å². The van der Waals surface area contributed by atoms with Gasteiger partial charge >= 0.3 is 11.9 Å². The first-order valence-electron chi connectivity index (χ1n) is 9.29. The van der Waals surface area contributed by atoms with Crippen molar-refractivity contribution >= 4 is 40.1 Å². The van der Waals surface area contributed by atoms with Gasteiger partial charge in [-0.1, -0.05) is 13.8 Å². The van der Waals surface area contributed by atoms with E-state index in [4.69, 9.17) is 9.47 Å². The minimum absolute atomic E-state index is 0.185. The predicted molar refractivity (Wildman–Crippen MR) is 104 cm³/mol. The lowest BCUT2D eigenvalue weighted by molar-refractivity contribution is -0.151. The van der Waals surface area contributed by atoms with Gasteiger partial charge in [0.25, 0.3) is 5.91 Å². The molecule has 0 aromatic carbocycles. The molecule has 1 aromatic rings. The molecular weight excluding hydrogens is 384 g/mol. The number of anilines is 1. The fourth-order valence-corrected chi connectivity index (χ4v) is 4.31. The van der Waals surface area contributed by atoms with E-state index < -0.39 is 30.5 Å². The SMILES string of the molecule is CCOC(=O)c1c(NC(=O)COC(=O)C(NC(C)=O)C(C)C)sc2c1CCC2. The maximum atomic E-state index is 12.3. The van der Waals surface area contributed by atoms with Crippen molar-refractivity contribution in [1.82, 2.24) is 5.32 Å². The van der Waals surface area contributed by atoms with Crippen molar-refractivity contribution < 1.29 is 28.7 Å². The largest absolute Gasteiger partial charge is 0.462 e. The second kappa shape index (κ2) is 9.68. The van der Waals surface area contributed by atoms with Crippen molar-refractivity contribution in [3.63, 3.8) is 0 Å². The van der Waals surface area contributed by atoms with Gasteiger partial charge in [0.1, 0.15) is 11.0 Å². The van der Waals surface area contributed by atoms with Gasteiger partial charge in [0.05, 0.1) is 12.2 Å². The van der Waals surface area contributed by atoms with Crippen LogP contribution in [0.3, 0.4) is 0 Å². The van der Waals surface area contributed by atoms with Gasteiger partial charge in [0.2, 0.25) is 5.91 Å². The topological polar surface area (TPSA) is 111 Å². The van der Waals surface area contributed by atoms with E-state index in [0.717, 1.165) is 29.7 Å². The van der Waals surface area contributed by atoms with E-state index in [2.05, 4.69) is 10.6 Å². The Balaban J connectivity index is 2.02. The Bertz CT molecular complexity index is 771. The van der Waals surface area contributed by atoms with Crippen LogP contribution in [0, 0.1) is 5.92 Å². The van der Waals surface area contributed by atoms with Gasteiger partial charge in [0, 0.05) is 11.8 Å². The van der Waals surface area contributed by atoms with E-state index in [-0.39, 0.29) is 18.4 Å². The summed E-state index contributed by atoms with van der Waals surface area (Å²) < 4.78 is 10.2. The first-order valence-corrected chi connectivity index (χ1v) is 10.1. The summed E-state index contributed by atoms with van der Waals surface area (Å²) in [6, 6.07) is -0.828. The van der Waals surface area contributed by atoms with E-state index in [1.807, 2.05) is 0 Å². The molecule has 0 fully saturated rings. The molecule has 1 unspecified atom stereocenters. The smallest absolute Gasteiger partial charge is 0.341 e. The number of hydrogen-bond donors (Lipinski definition) is 2. The van der Waals surface area contributed by atoms with Crippen LogP contribution in [0.4, 0.5) is 5.00 Å². The van der Waals surface area contributed by atoms with Crippen molar-refractivity contribution in [2.24, 2.45) is 5.92 Å². The van der Waals surface area contributed by atoms with Crippen molar-refractivity contribution in [3.8, 4) is 0 Å². The molecule has 1 aliphatic rings. The highest BCUT2D eigenvalue weighted by molar-refractivity contribution is 7.17. The summed E-state index contributed by atoms with van der Waals surface area (Å²) in [5.41, 5.74) is 1.33. The van der Waals surface area contributed by atoms with E-state index in [9.17, 15) is 19.2 Å². The normalized spacial score (nSPS) is 13.6. The van der Waals surface area contributed by atoms with Crippen LogP contribution in [0.15, 0.2) is 0 Å². The number of hydrogen-bond acceptors (Lipinski definition) is 7. The predicted octanol–water partition coefficient (Wildman–Crippen LogP) is 2.06. The number of rotatable bonds is 8. The summed E-state index contributed by atoms with van der Waals surface area (Å²) in [5, 5.41) is 5.59. The molecule has 2 N–H and O–H groups in total. The molecule has 8 nitrogen and oxygen atoms in total. The first-order chi connectivity index (χ1) is 13.2. The van der Waals surface area contributed by atoms with Crippen LogP contribution < -0.4 is 10.6 Å². The second-order valence-corrected chi connectivity index (χ2v) is 7.97. The molecule has 2 amide bonds. The van der Waals surface area contributed by atoms with Gasteiger partial charge in [-0.25, -0.2) is 9.59 Å². The fraction of sp³-hybridized carbons (Fsp3) is 0.579. The molecule has 2 rings (SSSR count). The van der Waals surface area contributed by atoms with Gasteiger partial charge in [-0.3, -0.25) is 9.59 Å². The first kappa shape index (κ1) is 21.9. The van der Waals surface area contributed by atoms with Crippen LogP contribution in [0.1, 0.15) is 54.9 Å². The number of aryl methyl sites for hydroxylation is 1. The molecule has 28 heavy (non-hydrogen) atoms. The Kier molecular flexibility index (Phi) is 7.56. The molecule has 0 bridgehead atoms. The molecule has 0 radical (unpaired) electrons. The Morgan fingerprint density at radius 1 is 1.14 bits per heavy atom. The molecule has 0 spiro atoms. The van der Waals surface area contributed by atoms with Gasteiger partial charge in [-0.05, 0) is 37.7 Å². The van der Waals surface area contributed by atoms with Gasteiger partial charge in [-0.2, -0.15) is 0 Å². The minimum Gasteiger partial charge on any atom is -0.462 e. The van der Waals surface area contributed by atoms with Crippen molar-refractivity contribution in [1.29, 1.82) is 0 Å². The molecule has 1 aliphatic carbocycles. The van der Waals surface area contributed by atoms with Crippen LogP contribution >= 0.6 is 11.3 Å². The quantitative estimate of drug-likeness (QED) is 0.635. The number of amides is 2. The monoisotopic (exact) mass is 410 g/mol. The van der Waals surface area contributed by atoms with Crippen LogP contribution in [-0.2, 0) is 36.7 Å². The lowest BCUT2D eigenvalue weighted by Crippen LogP contribution is -2.45. The van der Waals surface area contributed by atoms with E-state index >= 15 is 0 Å². The lowest BCUT2D eigenvalue weighted by Gasteiger charge is -2.19. The van der Waals surface area contributed by atoms with Crippen LogP contribution in [0.25, 0.3) is 0 Å². The number of carbonyl (C=O) groups is 4. The van der Waals surface area contributed by atoms with Crippen molar-refractivity contribution in [2.75, 3.05) is 18.5 Å². The molecule has 0 saturated carbocycles. The summed E-state index contributed by atoms with van der Waals surface area (Å²) >= 11 is 1.35. The van der Waals surface area contributed by atoms with Crippen molar-refractivity contribution in [2.45, 2.75) is 53.0 Å². The van der Waals surface area contributed by atoms with E-state index in [1.165, 1.54) is 18.3 Å². The lowest BCUT2D eigenvalue weighted by atomic mass is 10.0. The number of esters is 2. The minimum atomic E-state index is -0.828. The fourth-order valence-electron chi connectivity index (χ4n) is 3.02. The van der Waals surface area contributed by atoms with Crippen molar-refractivity contribution in [3.05, 3.63) is 16.0 Å². The number of fused-ring (bicyclic) bond motifs is 1. The Morgan fingerprint density at radius 3 is 2.46 bits per heavy atom. The van der Waals surface area contributed by atoms with Gasteiger partial charge in [0.15, 0.2) is 6.61 Å². The summed E-state index contributed by atoms with van der Waals surface area (Å²) in [7, 11) is 0. The second-order valence-electron chi connectivity index (χ2n) is 6.86. The standard InChI is InChI=1S/C19H26N2O6S/c1-5-26-18(24)15-12-7-6-8-13(12)28-17(15)21-14(23)9-27-19(25)16(10(2)3)20-11(4)22/h10,16H,5-9H2,1-4H3,(H,20,22)(H,21,23). The average molecular weight is 410 g/mol. The maximum Gasteiger partial charge on any atom is 0.341 e. The van der Waals surface area contributed by atoms with E-state index in [1.54, 1.807) is 20.8 Å². The van der Waals surface area contributed by atoms with Crippen LogP contribution in [0.5, 0.6) is 0 Å². The molecule has 0 aliphatic heterocycles. The number of ether oxygens (including phenoxy) is 2. The van der Waals surface area contributed by atoms with E-state index in [0.29, 0.717) is 10.6 Å². The summed E-state index contributed by atoms with van der Waals surface area (Å²) in [6.45, 7) is 6.30. The average Bonchev–Trinajstić information content (AvgIpc) is 3.17. The third-order valence-corrected chi connectivity index (χ3v) is 5.49. The Morgan fingerprint density at radius 2 is 1.86 bits per heavy atom. The summed E-state index contributed by atoms with van der Waals surface area (Å²) in [5.74, 6) is -2.23. The zero-order valence-corrected chi connectivity index (χ0v) is 17.4. The van der Waals surface area contributed by atoms with Crippen LogP contribution in [-0.4, -0.2) is 43.0 Å². The molecule has 1 aromatic heterocycles. The Labute approximate surface area is 168 Å². The molecule has 154 valence electrons. The molecule has 0 saturated heterocycles. The molecule has 1 heterocycles.